The van der Waals surface area contributed by atoms with E-state index in [4.69, 9.17) is 0 Å². The molecule has 0 aliphatic heterocycles. The number of hydrogen-bond acceptors (Lipinski definition) is 4. The predicted octanol–water partition coefficient (Wildman–Crippen LogP) is 4.12. The highest BCUT2D eigenvalue weighted by Crippen LogP contribution is 2.16. The van der Waals surface area contributed by atoms with Crippen molar-refractivity contribution in [2.75, 3.05) is 0 Å². The van der Waals surface area contributed by atoms with E-state index in [1.807, 2.05) is 22.5 Å². The molecular formula is C18H22N4S. The number of hydrogen-bond donors (Lipinski definition) is 0. The predicted molar refractivity (Wildman–Crippen MR) is 94.1 cm³/mol. The maximum atomic E-state index is 4.45. The Morgan fingerprint density at radius 2 is 1.87 bits per heavy atom. The van der Waals surface area contributed by atoms with E-state index in [9.17, 15) is 0 Å². The monoisotopic (exact) mass is 326 g/mol. The molecule has 120 valence electrons. The van der Waals surface area contributed by atoms with Crippen LogP contribution in [0.15, 0.2) is 54.3 Å². The van der Waals surface area contributed by atoms with E-state index in [2.05, 4.69) is 65.4 Å². The number of thiazole rings is 1. The van der Waals surface area contributed by atoms with Crippen LogP contribution in [0.1, 0.15) is 36.0 Å². The topological polar surface area (TPSA) is 34.0 Å². The molecular weight excluding hydrogens is 304 g/mol. The third-order valence-electron chi connectivity index (χ3n) is 3.68. The minimum Gasteiger partial charge on any atom is -0.288 e. The summed E-state index contributed by atoms with van der Waals surface area (Å²) >= 11 is 1.71. The van der Waals surface area contributed by atoms with Crippen LogP contribution in [-0.4, -0.2) is 19.7 Å². The van der Waals surface area contributed by atoms with Gasteiger partial charge >= 0.3 is 0 Å². The van der Waals surface area contributed by atoms with Crippen molar-refractivity contribution in [3.63, 3.8) is 0 Å². The summed E-state index contributed by atoms with van der Waals surface area (Å²) in [5, 5.41) is 7.63. The Balaban J connectivity index is 1.73. The quantitative estimate of drug-likeness (QED) is 0.655. The highest BCUT2D eigenvalue weighted by molar-refractivity contribution is 7.09. The van der Waals surface area contributed by atoms with E-state index >= 15 is 0 Å². The van der Waals surface area contributed by atoms with Gasteiger partial charge in [-0.25, -0.2) is 4.98 Å². The molecule has 0 atom stereocenters. The molecule has 1 aromatic carbocycles. The molecule has 0 aliphatic carbocycles. The first-order valence-corrected chi connectivity index (χ1v) is 8.76. The molecule has 2 heterocycles. The van der Waals surface area contributed by atoms with Crippen LogP contribution in [0.2, 0.25) is 0 Å². The van der Waals surface area contributed by atoms with Crippen molar-refractivity contribution in [2.45, 2.75) is 39.5 Å². The van der Waals surface area contributed by atoms with Gasteiger partial charge in [0.1, 0.15) is 5.01 Å². The molecule has 0 radical (unpaired) electrons. The average molecular weight is 326 g/mol. The Morgan fingerprint density at radius 3 is 2.52 bits per heavy atom. The van der Waals surface area contributed by atoms with E-state index in [1.54, 1.807) is 11.3 Å². The summed E-state index contributed by atoms with van der Waals surface area (Å²) in [7, 11) is 0. The van der Waals surface area contributed by atoms with Crippen LogP contribution in [0.25, 0.3) is 0 Å². The lowest BCUT2D eigenvalue weighted by atomic mass is 10.2. The third-order valence-corrected chi connectivity index (χ3v) is 4.45. The molecule has 0 aliphatic rings. The molecule has 3 aromatic rings. The van der Waals surface area contributed by atoms with Gasteiger partial charge in [0.25, 0.3) is 0 Å². The summed E-state index contributed by atoms with van der Waals surface area (Å²) < 4.78 is 2.01. The standard InChI is InChI=1S/C18H22N4S/c1-15(2)22-13-17(10-20-22)12-21(14-18-19-8-9-23-18)11-16-6-4-3-5-7-16/h3-10,13,15H,11-12,14H2,1-2H3. The summed E-state index contributed by atoms with van der Waals surface area (Å²) in [6.07, 6.45) is 5.99. The summed E-state index contributed by atoms with van der Waals surface area (Å²) in [5.74, 6) is 0. The van der Waals surface area contributed by atoms with Crippen molar-refractivity contribution < 1.29 is 0 Å². The van der Waals surface area contributed by atoms with Crippen molar-refractivity contribution in [3.8, 4) is 0 Å². The van der Waals surface area contributed by atoms with Crippen molar-refractivity contribution >= 4 is 11.3 Å². The Bertz CT molecular complexity index is 704. The maximum Gasteiger partial charge on any atom is 0.107 e. The smallest absolute Gasteiger partial charge is 0.107 e. The first kappa shape index (κ1) is 15.9. The van der Waals surface area contributed by atoms with E-state index in [1.165, 1.54) is 11.1 Å². The largest absolute Gasteiger partial charge is 0.288 e. The maximum absolute atomic E-state index is 4.45. The van der Waals surface area contributed by atoms with Crippen LogP contribution in [0.4, 0.5) is 0 Å². The van der Waals surface area contributed by atoms with E-state index in [-0.39, 0.29) is 0 Å². The Hall–Kier alpha value is -1.98. The SMILES string of the molecule is CC(C)n1cc(CN(Cc2ccccc2)Cc2nccs2)cn1. The molecule has 0 saturated heterocycles. The lowest BCUT2D eigenvalue weighted by Crippen LogP contribution is -2.22. The fourth-order valence-corrected chi connectivity index (χ4v) is 3.19. The van der Waals surface area contributed by atoms with Gasteiger partial charge in [0.15, 0.2) is 0 Å². The second-order valence-corrected chi connectivity index (χ2v) is 6.96. The second-order valence-electron chi connectivity index (χ2n) is 5.98. The normalized spacial score (nSPS) is 11.5. The van der Waals surface area contributed by atoms with E-state index in [0.717, 1.165) is 24.6 Å². The summed E-state index contributed by atoms with van der Waals surface area (Å²) in [6.45, 7) is 6.94. The van der Waals surface area contributed by atoms with Gasteiger partial charge in [-0.05, 0) is 19.4 Å². The Morgan fingerprint density at radius 1 is 1.09 bits per heavy atom. The second kappa shape index (κ2) is 7.53. The molecule has 0 unspecified atom stereocenters. The summed E-state index contributed by atoms with van der Waals surface area (Å²) in [6, 6.07) is 11.0. The lowest BCUT2D eigenvalue weighted by molar-refractivity contribution is 0.247. The highest BCUT2D eigenvalue weighted by atomic mass is 32.1. The molecule has 0 spiro atoms. The zero-order valence-corrected chi connectivity index (χ0v) is 14.4. The van der Waals surface area contributed by atoms with Crippen LogP contribution in [0, 0.1) is 0 Å². The molecule has 4 nitrogen and oxygen atoms in total. The zero-order chi connectivity index (χ0) is 16.1. The summed E-state index contributed by atoms with van der Waals surface area (Å²) in [4.78, 5) is 6.84. The van der Waals surface area contributed by atoms with Gasteiger partial charge in [-0.15, -0.1) is 11.3 Å². The summed E-state index contributed by atoms with van der Waals surface area (Å²) in [5.41, 5.74) is 2.56. The van der Waals surface area contributed by atoms with Crippen LogP contribution in [0.3, 0.4) is 0 Å². The van der Waals surface area contributed by atoms with E-state index in [0.29, 0.717) is 6.04 Å². The Labute approximate surface area is 141 Å². The zero-order valence-electron chi connectivity index (χ0n) is 13.6. The molecule has 2 aromatic heterocycles. The molecule has 3 rings (SSSR count). The van der Waals surface area contributed by atoms with Crippen molar-refractivity contribution in [1.82, 2.24) is 19.7 Å². The highest BCUT2D eigenvalue weighted by Gasteiger charge is 2.11. The molecule has 23 heavy (non-hydrogen) atoms. The van der Waals surface area contributed by atoms with Crippen molar-refractivity contribution in [2.24, 2.45) is 0 Å². The van der Waals surface area contributed by atoms with Crippen molar-refractivity contribution in [1.29, 1.82) is 0 Å². The van der Waals surface area contributed by atoms with Crippen LogP contribution in [-0.2, 0) is 19.6 Å². The van der Waals surface area contributed by atoms with Crippen LogP contribution >= 0.6 is 11.3 Å². The van der Waals surface area contributed by atoms with E-state index < -0.39 is 0 Å². The number of aromatic nitrogens is 3. The third kappa shape index (κ3) is 4.50. The molecule has 0 bridgehead atoms. The van der Waals surface area contributed by atoms with Crippen LogP contribution in [0.5, 0.6) is 0 Å². The lowest BCUT2D eigenvalue weighted by Gasteiger charge is -2.20. The molecule has 0 amide bonds. The van der Waals surface area contributed by atoms with Crippen LogP contribution < -0.4 is 0 Å². The van der Waals surface area contributed by atoms with Gasteiger partial charge in [-0.1, -0.05) is 30.3 Å². The van der Waals surface area contributed by atoms with Gasteiger partial charge in [-0.3, -0.25) is 9.58 Å². The van der Waals surface area contributed by atoms with Gasteiger partial charge in [-0.2, -0.15) is 5.10 Å². The fraction of sp³-hybridized carbons (Fsp3) is 0.333. The minimum absolute atomic E-state index is 0.394. The molecule has 0 N–H and O–H groups in total. The van der Waals surface area contributed by atoms with Gasteiger partial charge in [0, 0.05) is 42.5 Å². The Kier molecular flexibility index (Phi) is 5.20. The molecule has 0 saturated carbocycles. The number of rotatable bonds is 7. The van der Waals surface area contributed by atoms with Gasteiger partial charge < -0.3 is 0 Å². The first-order valence-electron chi connectivity index (χ1n) is 7.88. The molecule has 5 heteroatoms. The van der Waals surface area contributed by atoms with Gasteiger partial charge in [0.05, 0.1) is 12.7 Å². The minimum atomic E-state index is 0.394. The first-order chi connectivity index (χ1) is 11.2. The van der Waals surface area contributed by atoms with Crippen molar-refractivity contribution in [3.05, 3.63) is 70.4 Å². The molecule has 0 fully saturated rings. The number of nitrogens with zero attached hydrogens (tertiary/aromatic N) is 4. The fourth-order valence-electron chi connectivity index (χ4n) is 2.53. The van der Waals surface area contributed by atoms with Gasteiger partial charge in [0.2, 0.25) is 0 Å². The average Bonchev–Trinajstić information content (AvgIpc) is 3.20. The number of benzene rings is 1.